The lowest BCUT2D eigenvalue weighted by Gasteiger charge is -2.23. The van der Waals surface area contributed by atoms with E-state index in [0.29, 0.717) is 11.1 Å². The average Bonchev–Trinajstić information content (AvgIpc) is 4.22. The Kier molecular flexibility index (Phi) is 11.9. The third kappa shape index (κ3) is 7.10. The lowest BCUT2D eigenvalue weighted by Crippen LogP contribution is -2.07. The van der Waals surface area contributed by atoms with Crippen LogP contribution in [0.3, 0.4) is 0 Å². The first kappa shape index (κ1) is 45.7. The van der Waals surface area contributed by atoms with Crippen molar-refractivity contribution in [2.45, 2.75) is 0 Å². The molecule has 0 aliphatic heterocycles. The number of rotatable bonds is 13. The normalized spacial score (nSPS) is 11.8. The number of halogens is 6. The SMILES string of the molecule is C=CC(=O)Oc1cc(Op2n3ccc(Br)c3c3c(Br)ccn32)c(-c2c(Op3n4ccc(Br)c4c4c(Br)ccn43)cc(OC(=O)C=C)c(OC)c2Op2n3ccc(Br)c3c3c(Br)ccn32)cc1OC. The fraction of sp³-hybridized carbons (Fsp3) is 0.0455. The zero-order chi connectivity index (χ0) is 47.4. The van der Waals surface area contributed by atoms with Gasteiger partial charge in [0.2, 0.25) is 30.0 Å². The molecule has 0 saturated heterocycles. The van der Waals surface area contributed by atoms with Crippen molar-refractivity contribution in [1.29, 1.82) is 0 Å². The van der Waals surface area contributed by atoms with Crippen LogP contribution < -0.4 is 32.5 Å². The molecule has 0 amide bonds. The largest absolute Gasteiger partial charge is 0.493 e. The molecule has 68 heavy (non-hydrogen) atoms. The van der Waals surface area contributed by atoms with Crippen molar-refractivity contribution < 1.29 is 42.1 Å². The summed E-state index contributed by atoms with van der Waals surface area (Å²) in [6.45, 7) is 7.28. The number of aromatic nitrogens is 6. The molecule has 11 aromatic rings. The Morgan fingerprint density at radius 1 is 0.456 bits per heavy atom. The molecule has 15 nitrogen and oxygen atoms in total. The van der Waals surface area contributed by atoms with Crippen LogP contribution in [-0.4, -0.2) is 51.1 Å². The standard InChI is InChI=1S/C44H27Br6N6O9P3/c1-5-34(57)61-31-20-29(63-66-51-13-7-23(45)37(51)38-24(46)8-14-52(38)66)22(19-30(31)59-3)36-32(64-67-53-15-9-25(47)39(53)40-26(48)10-16-54(40)67)21-33(62-35(58)6-2)43(60-4)44(36)65-68-55-17-11-27(49)41(55)42-28(50)12-18-56(42)68/h5-21H,1-2H2,3-4H3. The van der Waals surface area contributed by atoms with Crippen LogP contribution in [0.2, 0.25) is 0 Å². The van der Waals surface area contributed by atoms with E-state index in [1.165, 1.54) is 14.2 Å². The van der Waals surface area contributed by atoms with Crippen molar-refractivity contribution in [2.24, 2.45) is 0 Å². The van der Waals surface area contributed by atoms with E-state index >= 15 is 0 Å². The summed E-state index contributed by atoms with van der Waals surface area (Å²) in [7, 11) is -2.37. The zero-order valence-electron chi connectivity index (χ0n) is 34.7. The van der Waals surface area contributed by atoms with Crippen molar-refractivity contribution in [3.05, 3.63) is 144 Å². The summed E-state index contributed by atoms with van der Waals surface area (Å²) in [6.07, 6.45) is 13.7. The van der Waals surface area contributed by atoms with Crippen LogP contribution in [0.25, 0.3) is 44.2 Å². The predicted molar refractivity (Wildman–Crippen MR) is 284 cm³/mol. The third-order valence-corrected chi connectivity index (χ3v) is 20.0. The molecule has 0 radical (unpaired) electrons. The van der Waals surface area contributed by atoms with Crippen molar-refractivity contribution in [3.8, 4) is 51.4 Å². The van der Waals surface area contributed by atoms with Gasteiger partial charge >= 0.3 is 11.9 Å². The molecule has 0 spiro atoms. The number of hydrogen-bond acceptors (Lipinski definition) is 9. The Hall–Kier alpha value is -4.68. The first-order chi connectivity index (χ1) is 32.8. The number of carbonyl (C=O) groups is 2. The summed E-state index contributed by atoms with van der Waals surface area (Å²) in [5.74, 6) is -0.689. The highest BCUT2D eigenvalue weighted by atomic mass is 79.9. The second kappa shape index (κ2) is 17.6. The Morgan fingerprint density at radius 3 is 1.18 bits per heavy atom. The molecule has 0 unspecified atom stereocenters. The van der Waals surface area contributed by atoms with E-state index in [0.717, 1.165) is 72.1 Å². The van der Waals surface area contributed by atoms with E-state index in [1.54, 1.807) is 18.2 Å². The van der Waals surface area contributed by atoms with Crippen LogP contribution >= 0.6 is 120 Å². The van der Waals surface area contributed by atoms with Crippen LogP contribution in [0.1, 0.15) is 0 Å². The van der Waals surface area contributed by atoms with E-state index in [9.17, 15) is 9.59 Å². The van der Waals surface area contributed by atoms with Gasteiger partial charge in [0.15, 0.2) is 23.0 Å². The quantitative estimate of drug-likeness (QED) is 0.0630. The molecule has 0 atom stereocenters. The molecule has 9 aromatic heterocycles. The lowest BCUT2D eigenvalue weighted by molar-refractivity contribution is -0.130. The number of methoxy groups -OCH3 is 2. The van der Waals surface area contributed by atoms with Gasteiger partial charge in [-0.2, -0.15) is 0 Å². The first-order valence-corrected chi connectivity index (χ1v) is 27.9. The molecule has 0 saturated carbocycles. The van der Waals surface area contributed by atoms with Gasteiger partial charge < -0.3 is 32.5 Å². The zero-order valence-corrected chi connectivity index (χ0v) is 46.9. The average molecular weight is 1360 g/mol. The molecule has 0 aliphatic rings. The van der Waals surface area contributed by atoms with Crippen molar-refractivity contribution >= 4 is 165 Å². The third-order valence-electron chi connectivity index (χ3n) is 10.9. The highest BCUT2D eigenvalue weighted by Gasteiger charge is 2.33. The van der Waals surface area contributed by atoms with Gasteiger partial charge in [-0.15, -0.1) is 0 Å². The van der Waals surface area contributed by atoms with E-state index in [4.69, 9.17) is 32.5 Å². The Labute approximate surface area is 437 Å². The Balaban J connectivity index is 1.27. The summed E-state index contributed by atoms with van der Waals surface area (Å²) in [5, 5.41) is 0. The van der Waals surface area contributed by atoms with Gasteiger partial charge in [0.05, 0.1) is 52.9 Å². The second-order valence-corrected chi connectivity index (χ2v) is 24.3. The fourth-order valence-electron chi connectivity index (χ4n) is 8.04. The maximum Gasteiger partial charge on any atom is 0.335 e. The Morgan fingerprint density at radius 2 is 0.809 bits per heavy atom. The molecule has 9 heterocycles. The number of esters is 2. The number of nitrogens with zero attached hydrogens (tertiary/aromatic N) is 6. The number of fused-ring (bicyclic) bond motifs is 9. The molecule has 0 N–H and O–H groups in total. The van der Waals surface area contributed by atoms with E-state index in [1.807, 2.05) is 98.6 Å². The highest BCUT2D eigenvalue weighted by molar-refractivity contribution is 9.11. The maximum absolute atomic E-state index is 13.3. The fourth-order valence-corrected chi connectivity index (χ4v) is 17.3. The molecular weight excluding hydrogens is 1330 g/mol. The van der Waals surface area contributed by atoms with Crippen LogP contribution in [-0.2, 0) is 9.59 Å². The molecule has 344 valence electrons. The maximum atomic E-state index is 13.3. The van der Waals surface area contributed by atoms with E-state index < -0.39 is 36.2 Å². The van der Waals surface area contributed by atoms with Crippen LogP contribution in [0, 0.1) is 0 Å². The van der Waals surface area contributed by atoms with Gasteiger partial charge in [-0.1, -0.05) is 13.2 Å². The summed E-state index contributed by atoms with van der Waals surface area (Å²) in [5.41, 5.74) is 5.98. The monoisotopic (exact) mass is 1350 g/mol. The van der Waals surface area contributed by atoms with Crippen LogP contribution in [0.15, 0.2) is 144 Å². The number of carbonyl (C=O) groups excluding carboxylic acids is 2. The van der Waals surface area contributed by atoms with Crippen LogP contribution in [0.5, 0.6) is 40.2 Å². The molecular formula is C44H27Br6N6O9P3. The summed E-state index contributed by atoms with van der Waals surface area (Å²) in [6, 6.07) is 16.5. The van der Waals surface area contributed by atoms with Gasteiger partial charge in [-0.05, 0) is 138 Å². The molecule has 0 bridgehead atoms. The summed E-state index contributed by atoms with van der Waals surface area (Å²) >= 11 is 22.5. The van der Waals surface area contributed by atoms with Gasteiger partial charge in [0, 0.05) is 93.9 Å². The lowest BCUT2D eigenvalue weighted by atomic mass is 10.0. The van der Waals surface area contributed by atoms with Gasteiger partial charge in [0.25, 0.3) is 0 Å². The van der Waals surface area contributed by atoms with Gasteiger partial charge in [-0.3, -0.25) is 25.0 Å². The van der Waals surface area contributed by atoms with E-state index in [2.05, 4.69) is 109 Å². The number of hydrogen-bond donors (Lipinski definition) is 0. The minimum Gasteiger partial charge on any atom is -0.493 e. The van der Waals surface area contributed by atoms with Crippen molar-refractivity contribution in [1.82, 2.24) is 25.0 Å². The van der Waals surface area contributed by atoms with Gasteiger partial charge in [0.1, 0.15) is 11.5 Å². The summed E-state index contributed by atoms with van der Waals surface area (Å²) in [4.78, 5) is 26.2. The molecule has 0 aliphatic carbocycles. The first-order valence-electron chi connectivity index (χ1n) is 19.7. The summed E-state index contributed by atoms with van der Waals surface area (Å²) < 4.78 is 63.4. The molecule has 2 aromatic carbocycles. The minimum absolute atomic E-state index is 0.0185. The Bertz CT molecular complexity index is 3800. The van der Waals surface area contributed by atoms with Crippen molar-refractivity contribution in [2.75, 3.05) is 14.2 Å². The molecule has 0 fully saturated rings. The van der Waals surface area contributed by atoms with E-state index in [-0.39, 0.29) is 40.2 Å². The predicted octanol–water partition coefficient (Wildman–Crippen LogP) is 15.1. The molecule has 11 rings (SSSR count). The smallest absolute Gasteiger partial charge is 0.335 e. The topological polar surface area (TPSA) is 125 Å². The number of ether oxygens (including phenoxy) is 4. The molecule has 24 heteroatoms. The van der Waals surface area contributed by atoms with Crippen molar-refractivity contribution in [3.63, 3.8) is 0 Å². The van der Waals surface area contributed by atoms with Gasteiger partial charge in [-0.25, -0.2) is 9.59 Å². The van der Waals surface area contributed by atoms with Crippen LogP contribution in [0.4, 0.5) is 0 Å². The second-order valence-electron chi connectivity index (χ2n) is 14.5. The minimum atomic E-state index is -1.81. The highest BCUT2D eigenvalue weighted by Crippen LogP contribution is 2.59. The number of benzene rings is 2.